The number of aryl methyl sites for hydroxylation is 1. The van der Waals surface area contributed by atoms with E-state index in [0.717, 1.165) is 16.8 Å². The van der Waals surface area contributed by atoms with E-state index in [4.69, 9.17) is 0 Å². The molecule has 178 valence electrons. The number of amides is 3. The van der Waals surface area contributed by atoms with E-state index < -0.39 is 17.4 Å². The predicted molar refractivity (Wildman–Crippen MR) is 131 cm³/mol. The number of fused-ring (bicyclic) bond motifs is 1. The number of carbonyl (C=O) groups excluding carboxylic acids is 3. The highest BCUT2D eigenvalue weighted by Gasteiger charge is 2.43. The van der Waals surface area contributed by atoms with Crippen molar-refractivity contribution < 1.29 is 14.4 Å². The van der Waals surface area contributed by atoms with Gasteiger partial charge in [-0.2, -0.15) is 4.68 Å². The highest BCUT2D eigenvalue weighted by Crippen LogP contribution is 2.34. The number of carbonyl (C=O) groups is 3. The maximum Gasteiger partial charge on any atom is 0.278 e. The van der Waals surface area contributed by atoms with E-state index >= 15 is 0 Å². The molecule has 10 heteroatoms. The van der Waals surface area contributed by atoms with Gasteiger partial charge in [-0.3, -0.25) is 29.2 Å². The molecule has 1 fully saturated rings. The highest BCUT2D eigenvalue weighted by molar-refractivity contribution is 6.22. The number of anilines is 2. The van der Waals surface area contributed by atoms with Crippen molar-refractivity contribution in [3.05, 3.63) is 70.1 Å². The summed E-state index contributed by atoms with van der Waals surface area (Å²) < 4.78 is 1.31. The number of rotatable bonds is 6. The Morgan fingerprint density at radius 3 is 2.54 bits per heavy atom. The van der Waals surface area contributed by atoms with Gasteiger partial charge in [-0.15, -0.1) is 0 Å². The third kappa shape index (κ3) is 3.92. The zero-order chi connectivity index (χ0) is 24.7. The van der Waals surface area contributed by atoms with Gasteiger partial charge in [-0.05, 0) is 42.8 Å². The van der Waals surface area contributed by atoms with Crippen molar-refractivity contribution in [2.24, 2.45) is 0 Å². The van der Waals surface area contributed by atoms with E-state index in [2.05, 4.69) is 20.4 Å². The molecule has 0 radical (unpaired) electrons. The normalized spacial score (nSPS) is 15.8. The Hall–Kier alpha value is -4.47. The number of benzene rings is 2. The van der Waals surface area contributed by atoms with Gasteiger partial charge >= 0.3 is 0 Å². The molecule has 1 atom stereocenters. The summed E-state index contributed by atoms with van der Waals surface area (Å²) in [5.74, 6) is -1.63. The third-order valence-corrected chi connectivity index (χ3v) is 6.04. The molecule has 5 rings (SSSR count). The zero-order valence-corrected chi connectivity index (χ0v) is 19.3. The van der Waals surface area contributed by atoms with Gasteiger partial charge in [0.1, 0.15) is 0 Å². The number of aromatic amines is 2. The minimum Gasteiger partial charge on any atom is -0.326 e. The van der Waals surface area contributed by atoms with Crippen LogP contribution in [0.1, 0.15) is 43.9 Å². The molecule has 0 unspecified atom stereocenters. The van der Waals surface area contributed by atoms with Crippen LogP contribution in [0, 0.1) is 0 Å². The van der Waals surface area contributed by atoms with Crippen LogP contribution in [-0.2, 0) is 20.8 Å². The SMILES string of the molecule is CCCc1[nH]n(-c2nc3ccccc3[nH]2)c(=O)c1[C@H]1CC(=O)N(c2ccc(NC(C)=O)cc2)C1=O. The Morgan fingerprint density at radius 1 is 1.11 bits per heavy atom. The van der Waals surface area contributed by atoms with Gasteiger partial charge in [0.15, 0.2) is 0 Å². The van der Waals surface area contributed by atoms with Gasteiger partial charge in [-0.1, -0.05) is 25.5 Å². The van der Waals surface area contributed by atoms with Crippen molar-refractivity contribution in [3.8, 4) is 5.95 Å². The third-order valence-electron chi connectivity index (χ3n) is 6.04. The monoisotopic (exact) mass is 472 g/mol. The zero-order valence-electron chi connectivity index (χ0n) is 19.3. The van der Waals surface area contributed by atoms with Crippen LogP contribution in [0.2, 0.25) is 0 Å². The number of imide groups is 1. The van der Waals surface area contributed by atoms with Crippen LogP contribution >= 0.6 is 0 Å². The van der Waals surface area contributed by atoms with Crippen molar-refractivity contribution in [1.29, 1.82) is 0 Å². The molecule has 0 bridgehead atoms. The number of aromatic nitrogens is 4. The van der Waals surface area contributed by atoms with Gasteiger partial charge in [0.05, 0.1) is 28.2 Å². The molecule has 10 nitrogen and oxygen atoms in total. The molecule has 3 amide bonds. The number of nitrogens with one attached hydrogen (secondary N) is 3. The number of hydrogen-bond acceptors (Lipinski definition) is 5. The molecule has 2 aromatic carbocycles. The molecular formula is C25H24N6O4. The standard InChI is InChI=1S/C25H24N6O4/c1-3-6-20-22(24(35)31(29-20)25-27-18-7-4-5-8-19(18)28-25)17-13-21(33)30(23(17)34)16-11-9-15(10-12-16)26-14(2)32/h4-5,7-12,17,29H,3,6,13H2,1-2H3,(H,26,32)(H,27,28)/t17-/m1/s1. The first-order valence-corrected chi connectivity index (χ1v) is 11.4. The van der Waals surface area contributed by atoms with Crippen molar-refractivity contribution in [2.75, 3.05) is 10.2 Å². The lowest BCUT2D eigenvalue weighted by molar-refractivity contribution is -0.121. The van der Waals surface area contributed by atoms with Crippen LogP contribution in [0.5, 0.6) is 0 Å². The Bertz CT molecular complexity index is 1480. The average molecular weight is 473 g/mol. The van der Waals surface area contributed by atoms with Crippen molar-refractivity contribution >= 4 is 40.1 Å². The summed E-state index contributed by atoms with van der Waals surface area (Å²) in [6, 6.07) is 13.9. The van der Waals surface area contributed by atoms with Crippen LogP contribution in [0.15, 0.2) is 53.3 Å². The average Bonchev–Trinajstić information content (AvgIpc) is 3.47. The smallest absolute Gasteiger partial charge is 0.278 e. The Balaban J connectivity index is 1.52. The van der Waals surface area contributed by atoms with Gasteiger partial charge in [-0.25, -0.2) is 4.98 Å². The van der Waals surface area contributed by atoms with Crippen molar-refractivity contribution in [1.82, 2.24) is 19.7 Å². The van der Waals surface area contributed by atoms with E-state index in [0.29, 0.717) is 40.5 Å². The summed E-state index contributed by atoms with van der Waals surface area (Å²) in [4.78, 5) is 59.8. The molecule has 3 N–H and O–H groups in total. The number of imidazole rings is 1. The number of H-pyrrole nitrogens is 2. The second-order valence-corrected chi connectivity index (χ2v) is 8.52. The summed E-state index contributed by atoms with van der Waals surface area (Å²) in [5.41, 5.74) is 2.95. The molecule has 3 heterocycles. The molecular weight excluding hydrogens is 448 g/mol. The minimum atomic E-state index is -0.895. The molecule has 35 heavy (non-hydrogen) atoms. The maximum absolute atomic E-state index is 13.5. The summed E-state index contributed by atoms with van der Waals surface area (Å²) in [6.45, 7) is 3.38. The molecule has 0 saturated carbocycles. The van der Waals surface area contributed by atoms with Gasteiger partial charge in [0.2, 0.25) is 23.7 Å². The highest BCUT2D eigenvalue weighted by atomic mass is 16.2. The van der Waals surface area contributed by atoms with Gasteiger partial charge in [0.25, 0.3) is 5.56 Å². The number of para-hydroxylation sites is 2. The summed E-state index contributed by atoms with van der Waals surface area (Å²) in [5, 5.41) is 5.76. The Labute approximate surface area is 199 Å². The fourth-order valence-electron chi connectivity index (χ4n) is 4.52. The molecule has 0 spiro atoms. The summed E-state index contributed by atoms with van der Waals surface area (Å²) in [7, 11) is 0. The van der Waals surface area contributed by atoms with E-state index in [1.54, 1.807) is 24.3 Å². The van der Waals surface area contributed by atoms with Crippen LogP contribution < -0.4 is 15.8 Å². The van der Waals surface area contributed by atoms with Crippen LogP contribution in [0.4, 0.5) is 11.4 Å². The van der Waals surface area contributed by atoms with Crippen molar-refractivity contribution in [3.63, 3.8) is 0 Å². The molecule has 2 aromatic heterocycles. The largest absolute Gasteiger partial charge is 0.326 e. The molecule has 1 saturated heterocycles. The lowest BCUT2D eigenvalue weighted by Crippen LogP contribution is -2.31. The first-order chi connectivity index (χ1) is 16.9. The Kier molecular flexibility index (Phi) is 5.56. The van der Waals surface area contributed by atoms with E-state index in [9.17, 15) is 19.2 Å². The lowest BCUT2D eigenvalue weighted by Gasteiger charge is -2.15. The van der Waals surface area contributed by atoms with Gasteiger partial charge < -0.3 is 10.3 Å². The minimum absolute atomic E-state index is 0.101. The summed E-state index contributed by atoms with van der Waals surface area (Å²) in [6.07, 6.45) is 1.19. The fourth-order valence-corrected chi connectivity index (χ4v) is 4.52. The second-order valence-electron chi connectivity index (χ2n) is 8.52. The first-order valence-electron chi connectivity index (χ1n) is 11.4. The lowest BCUT2D eigenvalue weighted by atomic mass is 9.96. The number of nitrogens with zero attached hydrogens (tertiary/aromatic N) is 3. The molecule has 4 aromatic rings. The molecule has 1 aliphatic heterocycles. The maximum atomic E-state index is 13.5. The quantitative estimate of drug-likeness (QED) is 0.371. The number of hydrogen-bond donors (Lipinski definition) is 3. The van der Waals surface area contributed by atoms with Crippen molar-refractivity contribution in [2.45, 2.75) is 39.0 Å². The van der Waals surface area contributed by atoms with E-state index in [-0.39, 0.29) is 18.2 Å². The van der Waals surface area contributed by atoms with Crippen LogP contribution in [0.25, 0.3) is 17.0 Å². The summed E-state index contributed by atoms with van der Waals surface area (Å²) >= 11 is 0. The Morgan fingerprint density at radius 2 is 1.86 bits per heavy atom. The van der Waals surface area contributed by atoms with E-state index in [1.165, 1.54) is 11.6 Å². The predicted octanol–water partition coefficient (Wildman–Crippen LogP) is 3.00. The van der Waals surface area contributed by atoms with Gasteiger partial charge in [0, 0.05) is 24.7 Å². The van der Waals surface area contributed by atoms with Crippen LogP contribution in [0.3, 0.4) is 0 Å². The molecule has 0 aliphatic carbocycles. The van der Waals surface area contributed by atoms with Crippen LogP contribution in [-0.4, -0.2) is 37.5 Å². The molecule has 1 aliphatic rings. The van der Waals surface area contributed by atoms with E-state index in [1.807, 2.05) is 31.2 Å². The topological polar surface area (TPSA) is 133 Å². The fraction of sp³-hybridized carbons (Fsp3) is 0.240. The first kappa shape index (κ1) is 22.3. The second kappa shape index (κ2) is 8.71.